The van der Waals surface area contributed by atoms with E-state index in [1.165, 1.54) is 10.6 Å². The lowest BCUT2D eigenvalue weighted by Crippen LogP contribution is -2.45. The van der Waals surface area contributed by atoms with Gasteiger partial charge in [-0.15, -0.1) is 0 Å². The van der Waals surface area contributed by atoms with Gasteiger partial charge in [0.25, 0.3) is 0 Å². The van der Waals surface area contributed by atoms with Crippen LogP contribution in [0, 0.1) is 6.92 Å². The summed E-state index contributed by atoms with van der Waals surface area (Å²) in [6, 6.07) is 3.97. The number of hydrogen-bond donors (Lipinski definition) is 0. The normalized spacial score (nSPS) is 17.3. The molecule has 1 aliphatic rings. The van der Waals surface area contributed by atoms with E-state index in [1.807, 2.05) is 19.1 Å². The summed E-state index contributed by atoms with van der Waals surface area (Å²) in [7, 11) is -1.47. The molecule has 0 N–H and O–H groups in total. The monoisotopic (exact) mass is 373 g/mol. The van der Waals surface area contributed by atoms with Crippen molar-refractivity contribution < 1.29 is 8.42 Å². The van der Waals surface area contributed by atoms with Crippen LogP contribution in [-0.4, -0.2) is 50.1 Å². The molecule has 1 fully saturated rings. The molecule has 3 rings (SSSR count). The van der Waals surface area contributed by atoms with Crippen molar-refractivity contribution in [3.8, 4) is 0 Å². The Morgan fingerprint density at radius 2 is 2.00 bits per heavy atom. The molecule has 0 spiro atoms. The van der Waals surface area contributed by atoms with E-state index >= 15 is 0 Å². The van der Waals surface area contributed by atoms with Gasteiger partial charge in [0.1, 0.15) is 0 Å². The molecule has 0 unspecified atom stereocenters. The molecular formula is C15H20ClN3O2S2. The van der Waals surface area contributed by atoms with Gasteiger partial charge in [0, 0.05) is 26.2 Å². The first-order valence-corrected chi connectivity index (χ1v) is 10.6. The zero-order valence-corrected chi connectivity index (χ0v) is 15.8. The number of anilines is 1. The summed E-state index contributed by atoms with van der Waals surface area (Å²) in [6.07, 6.45) is 2.89. The van der Waals surface area contributed by atoms with E-state index in [1.54, 1.807) is 18.4 Å². The van der Waals surface area contributed by atoms with Crippen LogP contribution in [0.4, 0.5) is 5.13 Å². The minimum atomic E-state index is -3.13. The summed E-state index contributed by atoms with van der Waals surface area (Å²) < 4.78 is 25.8. The van der Waals surface area contributed by atoms with Crippen LogP contribution in [0.3, 0.4) is 0 Å². The van der Waals surface area contributed by atoms with E-state index in [9.17, 15) is 8.42 Å². The zero-order valence-electron chi connectivity index (χ0n) is 13.4. The number of hydrogen-bond acceptors (Lipinski definition) is 5. The summed E-state index contributed by atoms with van der Waals surface area (Å²) >= 11 is 7.89. The summed E-state index contributed by atoms with van der Waals surface area (Å²) in [5.41, 5.74) is 2.09. The van der Waals surface area contributed by atoms with Crippen LogP contribution in [0.1, 0.15) is 18.4 Å². The lowest BCUT2D eigenvalue weighted by Gasteiger charge is -2.35. The van der Waals surface area contributed by atoms with Crippen LogP contribution in [0.5, 0.6) is 0 Å². The van der Waals surface area contributed by atoms with E-state index in [2.05, 4.69) is 4.90 Å². The van der Waals surface area contributed by atoms with Crippen molar-refractivity contribution in [2.24, 2.45) is 0 Å². The maximum absolute atomic E-state index is 11.7. The van der Waals surface area contributed by atoms with Gasteiger partial charge in [-0.25, -0.2) is 17.7 Å². The van der Waals surface area contributed by atoms with E-state index in [0.29, 0.717) is 0 Å². The van der Waals surface area contributed by atoms with Crippen LogP contribution in [0.15, 0.2) is 12.1 Å². The van der Waals surface area contributed by atoms with Gasteiger partial charge >= 0.3 is 0 Å². The first kappa shape index (κ1) is 17.0. The second kappa shape index (κ2) is 6.20. The fourth-order valence-corrected chi connectivity index (χ4v) is 5.04. The number of aryl methyl sites for hydroxylation is 1. The van der Waals surface area contributed by atoms with E-state index in [-0.39, 0.29) is 6.04 Å². The average molecular weight is 374 g/mol. The number of halogens is 1. The maximum Gasteiger partial charge on any atom is 0.211 e. The molecule has 0 aliphatic carbocycles. The van der Waals surface area contributed by atoms with E-state index < -0.39 is 10.0 Å². The van der Waals surface area contributed by atoms with Crippen molar-refractivity contribution in [1.82, 2.24) is 9.29 Å². The summed E-state index contributed by atoms with van der Waals surface area (Å²) in [5, 5.41) is 1.71. The molecule has 0 radical (unpaired) electrons. The highest BCUT2D eigenvalue weighted by Gasteiger charge is 2.28. The van der Waals surface area contributed by atoms with Crippen LogP contribution in [0.2, 0.25) is 5.02 Å². The topological polar surface area (TPSA) is 53.5 Å². The second-order valence-corrected chi connectivity index (χ2v) is 9.46. The van der Waals surface area contributed by atoms with Gasteiger partial charge in [0.15, 0.2) is 5.13 Å². The molecule has 1 aromatic carbocycles. The molecule has 2 aromatic rings. The summed E-state index contributed by atoms with van der Waals surface area (Å²) in [4.78, 5) is 6.97. The van der Waals surface area contributed by atoms with Crippen molar-refractivity contribution in [2.75, 3.05) is 31.3 Å². The predicted octanol–water partition coefficient (Wildman–Crippen LogP) is 3.12. The zero-order chi connectivity index (χ0) is 16.8. The molecule has 1 aliphatic heterocycles. The van der Waals surface area contributed by atoms with Crippen LogP contribution in [-0.2, 0) is 10.0 Å². The Bertz CT molecular complexity index is 788. The number of benzene rings is 1. The molecule has 126 valence electrons. The highest BCUT2D eigenvalue weighted by Crippen LogP contribution is 2.36. The standard InChI is InChI=1S/C15H20ClN3O2S2/c1-10-4-5-12(16)14-13(10)17-15(22-14)19-8-6-11(7-9-19)18(2)23(3,20)21/h4-5,11H,6-9H2,1-3H3. The second-order valence-electron chi connectivity index (χ2n) is 6.04. The van der Waals surface area contributed by atoms with Crippen molar-refractivity contribution in [3.05, 3.63) is 22.7 Å². The number of piperidine rings is 1. The Balaban J connectivity index is 1.78. The molecule has 0 saturated carbocycles. The maximum atomic E-state index is 11.7. The SMILES string of the molecule is Cc1ccc(Cl)c2sc(N3CCC(N(C)S(C)(=O)=O)CC3)nc12. The third-order valence-electron chi connectivity index (χ3n) is 4.46. The predicted molar refractivity (Wildman–Crippen MR) is 97.2 cm³/mol. The number of nitrogens with zero attached hydrogens (tertiary/aromatic N) is 3. The lowest BCUT2D eigenvalue weighted by atomic mass is 10.1. The molecule has 0 amide bonds. The first-order valence-electron chi connectivity index (χ1n) is 7.51. The Morgan fingerprint density at radius 1 is 1.35 bits per heavy atom. The quantitative estimate of drug-likeness (QED) is 0.829. The van der Waals surface area contributed by atoms with E-state index in [4.69, 9.17) is 16.6 Å². The fraction of sp³-hybridized carbons (Fsp3) is 0.533. The largest absolute Gasteiger partial charge is 0.348 e. The van der Waals surface area contributed by atoms with E-state index in [0.717, 1.165) is 51.9 Å². The summed E-state index contributed by atoms with van der Waals surface area (Å²) in [5.74, 6) is 0. The molecule has 23 heavy (non-hydrogen) atoms. The van der Waals surface area contributed by atoms with Crippen LogP contribution >= 0.6 is 22.9 Å². The molecule has 1 saturated heterocycles. The van der Waals surface area contributed by atoms with Gasteiger partial charge in [0.05, 0.1) is 21.5 Å². The minimum absolute atomic E-state index is 0.0703. The molecule has 5 nitrogen and oxygen atoms in total. The third kappa shape index (κ3) is 3.33. The Kier molecular flexibility index (Phi) is 4.57. The smallest absolute Gasteiger partial charge is 0.211 e. The minimum Gasteiger partial charge on any atom is -0.348 e. The number of sulfonamides is 1. The first-order chi connectivity index (χ1) is 10.8. The van der Waals surface area contributed by atoms with Gasteiger partial charge in [-0.1, -0.05) is 29.0 Å². The molecule has 0 atom stereocenters. The van der Waals surface area contributed by atoms with Crippen molar-refractivity contribution in [2.45, 2.75) is 25.8 Å². The molecule has 8 heteroatoms. The van der Waals surface area contributed by atoms with Gasteiger partial charge in [-0.3, -0.25) is 0 Å². The Labute approximate surface area is 145 Å². The number of aromatic nitrogens is 1. The van der Waals surface area contributed by atoms with Gasteiger partial charge < -0.3 is 4.90 Å². The third-order valence-corrected chi connectivity index (χ3v) is 7.38. The molecule has 2 heterocycles. The van der Waals surface area contributed by atoms with Gasteiger partial charge in [0.2, 0.25) is 10.0 Å². The number of rotatable bonds is 3. The Hall–Kier alpha value is -0.890. The van der Waals surface area contributed by atoms with Crippen LogP contribution in [0.25, 0.3) is 10.2 Å². The highest BCUT2D eigenvalue weighted by atomic mass is 35.5. The van der Waals surface area contributed by atoms with Gasteiger partial charge in [-0.2, -0.15) is 0 Å². The van der Waals surface area contributed by atoms with Gasteiger partial charge in [-0.05, 0) is 31.4 Å². The Morgan fingerprint density at radius 3 is 2.57 bits per heavy atom. The lowest BCUT2D eigenvalue weighted by molar-refractivity contribution is 0.314. The number of fused-ring (bicyclic) bond motifs is 1. The highest BCUT2D eigenvalue weighted by molar-refractivity contribution is 7.88. The van der Waals surface area contributed by atoms with Crippen molar-refractivity contribution in [1.29, 1.82) is 0 Å². The number of thiazole rings is 1. The fourth-order valence-electron chi connectivity index (χ4n) is 2.92. The van der Waals surface area contributed by atoms with Crippen LogP contribution < -0.4 is 4.90 Å². The molecule has 1 aromatic heterocycles. The average Bonchev–Trinajstić information content (AvgIpc) is 2.96. The van der Waals surface area contributed by atoms with Crippen molar-refractivity contribution in [3.63, 3.8) is 0 Å². The summed E-state index contributed by atoms with van der Waals surface area (Å²) in [6.45, 7) is 3.65. The van der Waals surface area contributed by atoms with Crippen molar-refractivity contribution >= 4 is 48.3 Å². The molecular weight excluding hydrogens is 354 g/mol. The molecule has 0 bridgehead atoms.